The molecule has 1 N–H and O–H groups in total. The van der Waals surface area contributed by atoms with Gasteiger partial charge in [-0.1, -0.05) is 12.5 Å². The van der Waals surface area contributed by atoms with Gasteiger partial charge in [-0.2, -0.15) is 0 Å². The van der Waals surface area contributed by atoms with Gasteiger partial charge in [0, 0.05) is 25.0 Å². The molecule has 0 aromatic heterocycles. The predicted molar refractivity (Wildman–Crippen MR) is 88.1 cm³/mol. The number of fused-ring (bicyclic) bond motifs is 1. The van der Waals surface area contributed by atoms with E-state index in [1.54, 1.807) is 7.11 Å². The molecule has 23 heavy (non-hydrogen) atoms. The van der Waals surface area contributed by atoms with E-state index in [0.717, 1.165) is 30.8 Å². The Balaban J connectivity index is 1.80. The molecule has 0 aliphatic carbocycles. The molecule has 1 heterocycles. The fraction of sp³-hybridized carbons (Fsp3) is 0.500. The van der Waals surface area contributed by atoms with Crippen molar-refractivity contribution in [1.82, 2.24) is 5.32 Å². The van der Waals surface area contributed by atoms with Crippen molar-refractivity contribution < 1.29 is 14.7 Å². The first-order valence-electron chi connectivity index (χ1n) is 7.71. The molecule has 126 valence electrons. The minimum Gasteiger partial charge on any atom is -0.497 e. The highest BCUT2D eigenvalue weighted by Gasteiger charge is 2.19. The molecule has 7 heteroatoms. The molecule has 1 aliphatic rings. The van der Waals surface area contributed by atoms with Crippen LogP contribution in [0.1, 0.15) is 30.9 Å². The van der Waals surface area contributed by atoms with Crippen LogP contribution in [0, 0.1) is 10.1 Å². The molecule has 0 bridgehead atoms. The normalized spacial score (nSPS) is 16.1. The molecular formula is C16H23N3O4. The summed E-state index contributed by atoms with van der Waals surface area (Å²) in [4.78, 5) is 16.4. The third kappa shape index (κ3) is 4.85. The summed E-state index contributed by atoms with van der Waals surface area (Å²) in [5.74, 6) is 0.843. The minimum absolute atomic E-state index is 0.169. The van der Waals surface area contributed by atoms with Crippen molar-refractivity contribution in [3.05, 3.63) is 46.2 Å². The van der Waals surface area contributed by atoms with Gasteiger partial charge in [0.05, 0.1) is 19.8 Å². The second kappa shape index (κ2) is 8.38. The molecule has 7 nitrogen and oxygen atoms in total. The molecule has 1 aliphatic heterocycles. The summed E-state index contributed by atoms with van der Waals surface area (Å²) >= 11 is 0. The summed E-state index contributed by atoms with van der Waals surface area (Å²) in [5.41, 5.74) is 2.34. The van der Waals surface area contributed by atoms with Crippen LogP contribution >= 0.6 is 0 Å². The van der Waals surface area contributed by atoms with Crippen LogP contribution in [-0.2, 0) is 4.84 Å². The average molecular weight is 321 g/mol. The van der Waals surface area contributed by atoms with E-state index in [1.807, 2.05) is 25.4 Å². The van der Waals surface area contributed by atoms with Gasteiger partial charge in [-0.25, -0.2) is 0 Å². The average Bonchev–Trinajstić information content (AvgIpc) is 2.55. The molecule has 0 saturated heterocycles. The van der Waals surface area contributed by atoms with Gasteiger partial charge in [-0.15, -0.1) is 10.1 Å². The van der Waals surface area contributed by atoms with Gasteiger partial charge in [0.25, 0.3) is 5.09 Å². The van der Waals surface area contributed by atoms with E-state index >= 15 is 0 Å². The second-order valence-electron chi connectivity index (χ2n) is 5.43. The van der Waals surface area contributed by atoms with Crippen LogP contribution in [0.4, 0.5) is 5.69 Å². The maximum absolute atomic E-state index is 10.0. The first-order valence-corrected chi connectivity index (χ1v) is 7.71. The standard InChI is InChI=1S/C16H23N3O4/c1-18-10-8-15(14-7-6-13(22-2)12-16(14)18)17-9-4-3-5-11-23-19(20)21/h6-8,10,12,15,17H,3-5,9,11H2,1-2H3. The lowest BCUT2D eigenvalue weighted by molar-refractivity contribution is -0.757. The van der Waals surface area contributed by atoms with E-state index in [2.05, 4.69) is 27.2 Å². The van der Waals surface area contributed by atoms with Crippen molar-refractivity contribution in [3.63, 3.8) is 0 Å². The molecule has 1 atom stereocenters. The van der Waals surface area contributed by atoms with Gasteiger partial charge >= 0.3 is 0 Å². The Morgan fingerprint density at radius 3 is 2.91 bits per heavy atom. The lowest BCUT2D eigenvalue weighted by Gasteiger charge is -2.29. The van der Waals surface area contributed by atoms with Crippen molar-refractivity contribution in [2.75, 3.05) is 32.2 Å². The van der Waals surface area contributed by atoms with Crippen LogP contribution in [0.2, 0.25) is 0 Å². The number of unbranched alkanes of at least 4 members (excludes halogenated alkanes) is 2. The Hall–Kier alpha value is -2.28. The summed E-state index contributed by atoms with van der Waals surface area (Å²) in [6.07, 6.45) is 6.72. The molecule has 1 unspecified atom stereocenters. The number of methoxy groups -OCH3 is 1. The van der Waals surface area contributed by atoms with E-state index in [-0.39, 0.29) is 12.6 Å². The van der Waals surface area contributed by atoms with Crippen LogP contribution < -0.4 is 15.0 Å². The molecule has 0 radical (unpaired) electrons. The predicted octanol–water partition coefficient (Wildman–Crippen LogP) is 2.67. The zero-order valence-corrected chi connectivity index (χ0v) is 13.5. The van der Waals surface area contributed by atoms with Crippen LogP contribution in [0.3, 0.4) is 0 Å². The number of nitrogens with zero attached hydrogens (tertiary/aromatic N) is 2. The number of benzene rings is 1. The number of nitrogens with one attached hydrogen (secondary N) is 1. The van der Waals surface area contributed by atoms with E-state index in [0.29, 0.717) is 6.42 Å². The van der Waals surface area contributed by atoms with Gasteiger partial charge < -0.3 is 19.8 Å². The number of hydrogen-bond acceptors (Lipinski definition) is 6. The van der Waals surface area contributed by atoms with Crippen molar-refractivity contribution in [2.24, 2.45) is 0 Å². The summed E-state index contributed by atoms with van der Waals surface area (Å²) in [6, 6.07) is 6.25. The Morgan fingerprint density at radius 1 is 1.35 bits per heavy atom. The van der Waals surface area contributed by atoms with Crippen molar-refractivity contribution >= 4 is 5.69 Å². The number of anilines is 1. The Bertz CT molecular complexity index is 562. The Kier molecular flexibility index (Phi) is 6.22. The molecule has 0 fully saturated rings. The van der Waals surface area contributed by atoms with Crippen LogP contribution in [0.5, 0.6) is 5.75 Å². The summed E-state index contributed by atoms with van der Waals surface area (Å²) in [7, 11) is 3.68. The first-order chi connectivity index (χ1) is 11.1. The van der Waals surface area contributed by atoms with E-state index in [1.165, 1.54) is 5.56 Å². The van der Waals surface area contributed by atoms with Crippen molar-refractivity contribution in [2.45, 2.75) is 25.3 Å². The van der Waals surface area contributed by atoms with Gasteiger partial charge in [0.1, 0.15) is 5.75 Å². The zero-order chi connectivity index (χ0) is 16.7. The van der Waals surface area contributed by atoms with E-state index < -0.39 is 5.09 Å². The van der Waals surface area contributed by atoms with E-state index in [4.69, 9.17) is 4.74 Å². The summed E-state index contributed by atoms with van der Waals surface area (Å²) in [6.45, 7) is 1.02. The van der Waals surface area contributed by atoms with Crippen LogP contribution in [-0.4, -0.2) is 32.4 Å². The van der Waals surface area contributed by atoms with Crippen molar-refractivity contribution in [3.8, 4) is 5.75 Å². The largest absolute Gasteiger partial charge is 0.497 e. The molecule has 2 rings (SSSR count). The zero-order valence-electron chi connectivity index (χ0n) is 13.5. The quantitative estimate of drug-likeness (QED) is 0.428. The minimum atomic E-state index is -0.743. The molecule has 1 aromatic carbocycles. The molecular weight excluding hydrogens is 298 g/mol. The smallest absolute Gasteiger partial charge is 0.294 e. The Morgan fingerprint density at radius 2 is 2.17 bits per heavy atom. The Labute approximate surface area is 136 Å². The number of rotatable bonds is 9. The topological polar surface area (TPSA) is 76.9 Å². The SMILES string of the molecule is COc1ccc2c(c1)N(C)C=CC2NCCCCCO[N+](=O)[O-]. The molecule has 0 amide bonds. The second-order valence-corrected chi connectivity index (χ2v) is 5.43. The highest BCUT2D eigenvalue weighted by atomic mass is 16.9. The fourth-order valence-electron chi connectivity index (χ4n) is 2.60. The van der Waals surface area contributed by atoms with Gasteiger partial charge in [0.2, 0.25) is 0 Å². The molecule has 0 saturated carbocycles. The number of ether oxygens (including phenoxy) is 1. The van der Waals surface area contributed by atoms with Crippen LogP contribution in [0.25, 0.3) is 0 Å². The number of hydrogen-bond donors (Lipinski definition) is 1. The maximum atomic E-state index is 10.0. The fourth-order valence-corrected chi connectivity index (χ4v) is 2.60. The van der Waals surface area contributed by atoms with Crippen molar-refractivity contribution in [1.29, 1.82) is 0 Å². The summed E-state index contributed by atoms with van der Waals surface area (Å²) in [5, 5.41) is 12.8. The van der Waals surface area contributed by atoms with Crippen LogP contribution in [0.15, 0.2) is 30.5 Å². The molecule has 1 aromatic rings. The van der Waals surface area contributed by atoms with Gasteiger partial charge in [0.15, 0.2) is 0 Å². The van der Waals surface area contributed by atoms with Gasteiger partial charge in [-0.3, -0.25) is 0 Å². The maximum Gasteiger partial charge on any atom is 0.294 e. The highest BCUT2D eigenvalue weighted by Crippen LogP contribution is 2.34. The van der Waals surface area contributed by atoms with E-state index in [9.17, 15) is 10.1 Å². The lowest BCUT2D eigenvalue weighted by Crippen LogP contribution is -2.26. The first kappa shape index (κ1) is 17.1. The summed E-state index contributed by atoms with van der Waals surface area (Å²) < 4.78 is 5.29. The molecule has 0 spiro atoms. The lowest BCUT2D eigenvalue weighted by atomic mass is 10.0. The monoisotopic (exact) mass is 321 g/mol. The third-order valence-electron chi connectivity index (χ3n) is 3.84. The van der Waals surface area contributed by atoms with Gasteiger partial charge in [-0.05, 0) is 37.1 Å². The highest BCUT2D eigenvalue weighted by molar-refractivity contribution is 5.62. The third-order valence-corrected chi connectivity index (χ3v) is 3.84.